The first-order valence-electron chi connectivity index (χ1n) is 11.3. The van der Waals surface area contributed by atoms with Gasteiger partial charge < -0.3 is 14.9 Å². The third kappa shape index (κ3) is 7.13. The van der Waals surface area contributed by atoms with E-state index in [1.165, 1.54) is 5.57 Å². The highest BCUT2D eigenvalue weighted by molar-refractivity contribution is 9.10. The molecule has 1 aliphatic carbocycles. The Hall–Kier alpha value is -2.21. The number of aromatic nitrogens is 2. The minimum atomic E-state index is -1.21. The van der Waals surface area contributed by atoms with Crippen LogP contribution in [0, 0.1) is 12.0 Å². The maximum atomic E-state index is 13.2. The van der Waals surface area contributed by atoms with Crippen molar-refractivity contribution in [3.8, 4) is 0 Å². The van der Waals surface area contributed by atoms with E-state index in [1.807, 2.05) is 12.1 Å². The number of rotatable bonds is 8. The second-order valence-corrected chi connectivity index (χ2v) is 17.1. The zero-order chi connectivity index (χ0) is 24.2. The number of ether oxygens (including phenoxy) is 1. The van der Waals surface area contributed by atoms with Crippen LogP contribution in [0.3, 0.4) is 0 Å². The fourth-order valence-electron chi connectivity index (χ4n) is 3.67. The molecule has 2 aromatic rings. The molecule has 0 spiro atoms. The lowest BCUT2D eigenvalue weighted by Crippen LogP contribution is -2.23. The zero-order valence-electron chi connectivity index (χ0n) is 20.2. The van der Waals surface area contributed by atoms with E-state index in [-0.39, 0.29) is 24.3 Å². The van der Waals surface area contributed by atoms with Crippen LogP contribution in [0.5, 0.6) is 0 Å². The number of halogens is 1. The van der Waals surface area contributed by atoms with Crippen molar-refractivity contribution in [1.82, 2.24) is 9.55 Å². The number of carbonyl (C=O) groups is 1. The number of carbonyl (C=O) groups excluding carboxylic acids is 1. The molecule has 6 nitrogen and oxygen atoms in total. The van der Waals surface area contributed by atoms with Crippen molar-refractivity contribution in [2.75, 3.05) is 11.9 Å². The summed E-state index contributed by atoms with van der Waals surface area (Å²) < 4.78 is 8.39. The summed E-state index contributed by atoms with van der Waals surface area (Å²) in [7, 11) is -1.21. The predicted octanol–water partition coefficient (Wildman–Crippen LogP) is 7.35. The second-order valence-electron chi connectivity index (χ2n) is 10.6. The molecule has 1 aromatic heterocycles. The van der Waals surface area contributed by atoms with E-state index in [2.05, 4.69) is 76.7 Å². The second kappa shape index (κ2) is 10.4. The minimum absolute atomic E-state index is 0.182. The Labute approximate surface area is 206 Å². The highest BCUT2D eigenvalue weighted by Gasteiger charge is 2.25. The molecule has 33 heavy (non-hydrogen) atoms. The van der Waals surface area contributed by atoms with Gasteiger partial charge in [-0.05, 0) is 54.5 Å². The average molecular weight is 530 g/mol. The van der Waals surface area contributed by atoms with Crippen LogP contribution in [0.1, 0.15) is 49.3 Å². The Morgan fingerprint density at radius 2 is 2.12 bits per heavy atom. The summed E-state index contributed by atoms with van der Waals surface area (Å²) in [4.78, 5) is 20.8. The monoisotopic (exact) mass is 528 g/mol. The number of hydrogen-bond acceptors (Lipinski definition) is 3. The van der Waals surface area contributed by atoms with E-state index in [9.17, 15) is 4.79 Å². The van der Waals surface area contributed by atoms with Crippen LogP contribution in [0.2, 0.25) is 25.7 Å². The summed E-state index contributed by atoms with van der Waals surface area (Å²) in [5, 5.41) is 3.03. The number of nitrogens with zero attached hydrogens (tertiary/aromatic N) is 3. The topological polar surface area (TPSA) is 60.5 Å². The molecule has 176 valence electrons. The summed E-state index contributed by atoms with van der Waals surface area (Å²) in [6.45, 7) is 19.6. The quantitative estimate of drug-likeness (QED) is 0.221. The number of benzene rings is 1. The van der Waals surface area contributed by atoms with Gasteiger partial charge in [-0.25, -0.2) is 0 Å². The van der Waals surface area contributed by atoms with Crippen molar-refractivity contribution >= 4 is 47.0 Å². The lowest BCUT2D eigenvalue weighted by molar-refractivity contribution is 0.0809. The fourth-order valence-corrected chi connectivity index (χ4v) is 4.79. The van der Waals surface area contributed by atoms with Crippen LogP contribution in [0.25, 0.3) is 10.4 Å². The molecule has 3 rings (SSSR count). The van der Waals surface area contributed by atoms with Crippen molar-refractivity contribution in [1.29, 1.82) is 0 Å². The van der Waals surface area contributed by atoms with E-state index >= 15 is 0 Å². The van der Waals surface area contributed by atoms with Crippen LogP contribution in [-0.4, -0.2) is 30.1 Å². The first-order valence-corrected chi connectivity index (χ1v) is 15.8. The normalized spacial score (nSPS) is 15.6. The van der Waals surface area contributed by atoms with Gasteiger partial charge in [0.25, 0.3) is 11.6 Å². The molecule has 1 amide bonds. The summed E-state index contributed by atoms with van der Waals surface area (Å²) in [5.74, 6) is 0.0165. The van der Waals surface area contributed by atoms with Gasteiger partial charge in [0.05, 0.1) is 0 Å². The molecule has 0 aliphatic heterocycles. The predicted molar refractivity (Wildman–Crippen MR) is 140 cm³/mol. The summed E-state index contributed by atoms with van der Waals surface area (Å²) in [6, 6.07) is 6.91. The molecule has 0 bridgehead atoms. The van der Waals surface area contributed by atoms with E-state index in [0.29, 0.717) is 12.0 Å². The van der Waals surface area contributed by atoms with Crippen molar-refractivity contribution in [2.45, 2.75) is 65.5 Å². The van der Waals surface area contributed by atoms with Crippen LogP contribution in [-0.2, 0) is 11.5 Å². The Morgan fingerprint density at radius 3 is 2.76 bits per heavy atom. The van der Waals surface area contributed by atoms with Crippen LogP contribution in [0.15, 0.2) is 34.9 Å². The molecular formula is C25H33BrN4O2Si. The zero-order valence-corrected chi connectivity index (χ0v) is 22.8. The summed E-state index contributed by atoms with van der Waals surface area (Å²) in [5.41, 5.74) is 3.30. The van der Waals surface area contributed by atoms with Crippen LogP contribution < -0.4 is 5.32 Å². The SMILES string of the molecule is [C-]#[N+]c1cn(COCC[Si](C)(C)C)c(C(=O)Nc2ccc(Br)cc2C2=CCC(C)(C)CC2)n1. The van der Waals surface area contributed by atoms with Crippen molar-refractivity contribution in [3.05, 3.63) is 57.7 Å². The molecule has 0 fully saturated rings. The number of anilines is 1. The van der Waals surface area contributed by atoms with Gasteiger partial charge in [-0.15, -0.1) is 0 Å². The Balaban J connectivity index is 1.80. The van der Waals surface area contributed by atoms with Gasteiger partial charge in [-0.2, -0.15) is 0 Å². The van der Waals surface area contributed by atoms with Crippen molar-refractivity contribution in [2.24, 2.45) is 5.41 Å². The molecule has 0 unspecified atom stereocenters. The molecule has 8 heteroatoms. The van der Waals surface area contributed by atoms with Crippen molar-refractivity contribution in [3.63, 3.8) is 0 Å². The van der Waals surface area contributed by atoms with Gasteiger partial charge >= 0.3 is 5.91 Å². The van der Waals surface area contributed by atoms with E-state index in [0.717, 1.165) is 41.0 Å². The first-order chi connectivity index (χ1) is 15.5. The van der Waals surface area contributed by atoms with Crippen LogP contribution in [0.4, 0.5) is 11.5 Å². The van der Waals surface area contributed by atoms with Gasteiger partial charge in [-0.3, -0.25) is 9.36 Å². The molecule has 0 saturated heterocycles. The number of allylic oxidation sites excluding steroid dienone is 2. The number of hydrogen-bond donors (Lipinski definition) is 1. The number of imidazole rings is 1. The fraction of sp³-hybridized carbons (Fsp3) is 0.480. The van der Waals surface area contributed by atoms with Gasteiger partial charge in [0.15, 0.2) is 0 Å². The molecule has 1 heterocycles. The Bertz CT molecular complexity index is 1090. The third-order valence-corrected chi connectivity index (χ3v) is 8.05. The number of nitrogens with one attached hydrogen (secondary N) is 1. The molecule has 1 aliphatic rings. The van der Waals surface area contributed by atoms with Gasteiger partial charge in [0, 0.05) is 36.6 Å². The van der Waals surface area contributed by atoms with E-state index in [1.54, 1.807) is 10.8 Å². The number of amides is 1. The lowest BCUT2D eigenvalue weighted by atomic mass is 9.77. The van der Waals surface area contributed by atoms with Crippen molar-refractivity contribution < 1.29 is 9.53 Å². The molecular weight excluding hydrogens is 496 g/mol. The van der Waals surface area contributed by atoms with Crippen LogP contribution >= 0.6 is 15.9 Å². The molecule has 0 saturated carbocycles. The Morgan fingerprint density at radius 1 is 1.36 bits per heavy atom. The molecule has 0 atom stereocenters. The van der Waals surface area contributed by atoms with E-state index in [4.69, 9.17) is 11.3 Å². The summed E-state index contributed by atoms with van der Waals surface area (Å²) >= 11 is 3.57. The highest BCUT2D eigenvalue weighted by Crippen LogP contribution is 2.40. The maximum absolute atomic E-state index is 13.2. The molecule has 1 N–H and O–H groups in total. The average Bonchev–Trinajstić information content (AvgIpc) is 3.15. The van der Waals surface area contributed by atoms with Gasteiger partial charge in [-0.1, -0.05) is 67.1 Å². The minimum Gasteiger partial charge on any atom is -0.361 e. The Kier molecular flexibility index (Phi) is 7.99. The molecule has 0 radical (unpaired) electrons. The largest absolute Gasteiger partial charge is 0.361 e. The molecule has 1 aromatic carbocycles. The third-order valence-electron chi connectivity index (χ3n) is 5.86. The maximum Gasteiger partial charge on any atom is 0.316 e. The van der Waals surface area contributed by atoms with Gasteiger partial charge in [0.2, 0.25) is 0 Å². The van der Waals surface area contributed by atoms with Gasteiger partial charge in [0.1, 0.15) is 6.73 Å². The standard InChI is InChI=1S/C25H33BrN4O2Si/c1-25(2)11-9-18(10-12-25)20-15-19(26)7-8-21(20)28-24(31)23-29-22(27-3)16-30(23)17-32-13-14-33(4,5)6/h7-9,15-16H,10-14,17H2,1-2,4-6H3,(H,28,31). The first kappa shape index (κ1) is 25.4. The smallest absolute Gasteiger partial charge is 0.316 e. The van der Waals surface area contributed by atoms with E-state index < -0.39 is 8.07 Å². The summed E-state index contributed by atoms with van der Waals surface area (Å²) in [6.07, 6.45) is 6.94. The lowest BCUT2D eigenvalue weighted by Gasteiger charge is -2.29. The highest BCUT2D eigenvalue weighted by atomic mass is 79.9.